The van der Waals surface area contributed by atoms with Crippen LogP contribution < -0.4 is 10.5 Å². The van der Waals surface area contributed by atoms with Gasteiger partial charge in [0.05, 0.1) is 12.2 Å². The van der Waals surface area contributed by atoms with Gasteiger partial charge in [0.15, 0.2) is 0 Å². The Hall–Kier alpha value is -1.20. The van der Waals surface area contributed by atoms with Crippen LogP contribution in [-0.2, 0) is 4.74 Å². The first-order valence-electron chi connectivity index (χ1n) is 4.95. The van der Waals surface area contributed by atoms with E-state index >= 15 is 0 Å². The second kappa shape index (κ2) is 6.40. The maximum atomic E-state index is 13.4. The first-order chi connectivity index (χ1) is 7.66. The second-order valence-electron chi connectivity index (χ2n) is 3.02. The highest BCUT2D eigenvalue weighted by Crippen LogP contribution is 2.21. The maximum Gasteiger partial charge on any atom is 0.137 e. The van der Waals surface area contributed by atoms with Gasteiger partial charge >= 0.3 is 0 Å². The highest BCUT2D eigenvalue weighted by atomic mass is 32.1. The summed E-state index contributed by atoms with van der Waals surface area (Å²) in [5.41, 5.74) is 5.57. The van der Waals surface area contributed by atoms with Crippen molar-refractivity contribution < 1.29 is 13.9 Å². The van der Waals surface area contributed by atoms with E-state index in [4.69, 9.17) is 27.4 Å². The second-order valence-corrected chi connectivity index (χ2v) is 3.46. The van der Waals surface area contributed by atoms with E-state index in [1.807, 2.05) is 6.92 Å². The van der Waals surface area contributed by atoms with Crippen molar-refractivity contribution in [2.24, 2.45) is 5.73 Å². The van der Waals surface area contributed by atoms with E-state index < -0.39 is 5.82 Å². The zero-order chi connectivity index (χ0) is 12.0. The fourth-order valence-corrected chi connectivity index (χ4v) is 1.42. The van der Waals surface area contributed by atoms with Gasteiger partial charge in [0, 0.05) is 6.61 Å². The Morgan fingerprint density at radius 3 is 2.81 bits per heavy atom. The maximum absolute atomic E-state index is 13.4. The predicted octanol–water partition coefficient (Wildman–Crippen LogP) is 1.88. The first-order valence-corrected chi connectivity index (χ1v) is 5.36. The van der Waals surface area contributed by atoms with Gasteiger partial charge in [0.2, 0.25) is 0 Å². The molecule has 16 heavy (non-hydrogen) atoms. The molecular formula is C11H14FNO2S. The average Bonchev–Trinajstić information content (AvgIpc) is 2.24. The summed E-state index contributed by atoms with van der Waals surface area (Å²) in [5, 5.41) is 0. The lowest BCUT2D eigenvalue weighted by Gasteiger charge is -2.11. The minimum Gasteiger partial charge on any atom is -0.490 e. The number of hydrogen-bond acceptors (Lipinski definition) is 3. The molecule has 0 saturated heterocycles. The summed E-state index contributed by atoms with van der Waals surface area (Å²) in [5.74, 6) is -0.117. The van der Waals surface area contributed by atoms with Gasteiger partial charge in [-0.25, -0.2) is 4.39 Å². The average molecular weight is 243 g/mol. The van der Waals surface area contributed by atoms with Gasteiger partial charge in [-0.1, -0.05) is 18.3 Å². The van der Waals surface area contributed by atoms with E-state index in [0.29, 0.717) is 25.6 Å². The van der Waals surface area contributed by atoms with Crippen LogP contribution >= 0.6 is 12.2 Å². The van der Waals surface area contributed by atoms with Crippen molar-refractivity contribution in [2.45, 2.75) is 6.92 Å². The molecular weight excluding hydrogens is 229 g/mol. The Kier molecular flexibility index (Phi) is 5.14. The van der Waals surface area contributed by atoms with Crippen molar-refractivity contribution in [3.63, 3.8) is 0 Å². The number of benzene rings is 1. The van der Waals surface area contributed by atoms with E-state index in [2.05, 4.69) is 0 Å². The largest absolute Gasteiger partial charge is 0.490 e. The summed E-state index contributed by atoms with van der Waals surface area (Å²) in [6.45, 7) is 3.30. The van der Waals surface area contributed by atoms with E-state index in [1.54, 1.807) is 12.1 Å². The summed E-state index contributed by atoms with van der Waals surface area (Å²) in [6.07, 6.45) is 0. The Balaban J connectivity index is 2.71. The topological polar surface area (TPSA) is 44.5 Å². The molecule has 5 heteroatoms. The molecule has 0 aliphatic rings. The fraction of sp³-hybridized carbons (Fsp3) is 0.364. The van der Waals surface area contributed by atoms with Gasteiger partial charge in [-0.3, -0.25) is 0 Å². The van der Waals surface area contributed by atoms with E-state index in [-0.39, 0.29) is 10.6 Å². The minimum atomic E-state index is -0.471. The molecule has 0 bridgehead atoms. The monoisotopic (exact) mass is 243 g/mol. The van der Waals surface area contributed by atoms with Crippen molar-refractivity contribution in [3.05, 3.63) is 29.6 Å². The number of ether oxygens (including phenoxy) is 2. The Morgan fingerprint density at radius 2 is 2.19 bits per heavy atom. The van der Waals surface area contributed by atoms with Crippen molar-refractivity contribution >= 4 is 17.2 Å². The molecule has 0 aliphatic carbocycles. The highest BCUT2D eigenvalue weighted by Gasteiger charge is 2.11. The molecule has 0 unspecified atom stereocenters. The molecule has 0 atom stereocenters. The smallest absolute Gasteiger partial charge is 0.137 e. The van der Waals surface area contributed by atoms with Crippen LogP contribution in [0.15, 0.2) is 18.2 Å². The van der Waals surface area contributed by atoms with Crippen molar-refractivity contribution in [1.29, 1.82) is 0 Å². The summed E-state index contributed by atoms with van der Waals surface area (Å²) < 4.78 is 23.8. The molecule has 0 fully saturated rings. The van der Waals surface area contributed by atoms with Crippen molar-refractivity contribution in [1.82, 2.24) is 0 Å². The minimum absolute atomic E-state index is 0.00971. The number of rotatable bonds is 6. The molecule has 0 heterocycles. The molecule has 1 rings (SSSR count). The summed E-state index contributed by atoms with van der Waals surface area (Å²) in [4.78, 5) is -0.00971. The number of halogens is 1. The third-order valence-electron chi connectivity index (χ3n) is 1.91. The predicted molar refractivity (Wildman–Crippen MR) is 64.3 cm³/mol. The van der Waals surface area contributed by atoms with Gasteiger partial charge in [-0.2, -0.15) is 0 Å². The zero-order valence-electron chi connectivity index (χ0n) is 9.03. The SMILES string of the molecule is CCOCCOc1cccc(F)c1C(N)=S. The molecule has 0 spiro atoms. The number of hydrogen-bond donors (Lipinski definition) is 1. The van der Waals surface area contributed by atoms with Gasteiger partial charge < -0.3 is 15.2 Å². The van der Waals surface area contributed by atoms with Crippen LogP contribution in [0.2, 0.25) is 0 Å². The van der Waals surface area contributed by atoms with Gasteiger partial charge in [-0.15, -0.1) is 0 Å². The van der Waals surface area contributed by atoms with Crippen LogP contribution in [0.1, 0.15) is 12.5 Å². The first kappa shape index (κ1) is 12.9. The molecule has 0 aromatic heterocycles. The van der Waals surface area contributed by atoms with Gasteiger partial charge in [0.25, 0.3) is 0 Å². The van der Waals surface area contributed by atoms with E-state index in [9.17, 15) is 4.39 Å². The molecule has 1 aromatic rings. The molecule has 2 N–H and O–H groups in total. The molecule has 3 nitrogen and oxygen atoms in total. The Morgan fingerprint density at radius 1 is 1.44 bits per heavy atom. The van der Waals surface area contributed by atoms with Gasteiger partial charge in [-0.05, 0) is 19.1 Å². The van der Waals surface area contributed by atoms with E-state index in [0.717, 1.165) is 0 Å². The lowest BCUT2D eigenvalue weighted by atomic mass is 10.2. The van der Waals surface area contributed by atoms with Crippen LogP contribution in [0.4, 0.5) is 4.39 Å². The fourth-order valence-electron chi connectivity index (χ4n) is 1.22. The lowest BCUT2D eigenvalue weighted by molar-refractivity contribution is 0.110. The van der Waals surface area contributed by atoms with Crippen molar-refractivity contribution in [3.8, 4) is 5.75 Å². The number of thiocarbonyl (C=S) groups is 1. The zero-order valence-corrected chi connectivity index (χ0v) is 9.85. The van der Waals surface area contributed by atoms with E-state index in [1.165, 1.54) is 6.07 Å². The molecule has 0 amide bonds. The van der Waals surface area contributed by atoms with Crippen LogP contribution in [0.3, 0.4) is 0 Å². The van der Waals surface area contributed by atoms with Crippen LogP contribution in [0.25, 0.3) is 0 Å². The normalized spacial score (nSPS) is 10.1. The van der Waals surface area contributed by atoms with Crippen LogP contribution in [-0.4, -0.2) is 24.8 Å². The summed E-state index contributed by atoms with van der Waals surface area (Å²) in [7, 11) is 0. The Bertz CT molecular complexity index is 371. The number of nitrogens with two attached hydrogens (primary N) is 1. The lowest BCUT2D eigenvalue weighted by Crippen LogP contribution is -2.15. The standard InChI is InChI=1S/C11H14FNO2S/c1-2-14-6-7-15-9-5-3-4-8(12)10(9)11(13)16/h3-5H,2,6-7H2,1H3,(H2,13,16). The van der Waals surface area contributed by atoms with Gasteiger partial charge in [0.1, 0.15) is 23.2 Å². The molecule has 0 saturated carbocycles. The van der Waals surface area contributed by atoms with Crippen LogP contribution in [0, 0.1) is 5.82 Å². The molecule has 1 aromatic carbocycles. The summed E-state index contributed by atoms with van der Waals surface area (Å²) in [6, 6.07) is 4.47. The van der Waals surface area contributed by atoms with Crippen molar-refractivity contribution in [2.75, 3.05) is 19.8 Å². The Labute approximate surface area is 99.3 Å². The summed E-state index contributed by atoms with van der Waals surface area (Å²) >= 11 is 4.77. The quantitative estimate of drug-likeness (QED) is 0.612. The third kappa shape index (κ3) is 3.43. The highest BCUT2D eigenvalue weighted by molar-refractivity contribution is 7.80. The van der Waals surface area contributed by atoms with Crippen LogP contribution in [0.5, 0.6) is 5.75 Å². The molecule has 88 valence electrons. The molecule has 0 aliphatic heterocycles. The molecule has 0 radical (unpaired) electrons. The third-order valence-corrected chi connectivity index (χ3v) is 2.12.